The molecule has 7 N–H and O–H groups in total. The van der Waals surface area contributed by atoms with E-state index in [2.05, 4.69) is 15.3 Å². The molecule has 0 unspecified atom stereocenters. The van der Waals surface area contributed by atoms with Crippen LogP contribution in [0.15, 0.2) is 36.5 Å². The molecule has 0 radical (unpaired) electrons. The van der Waals surface area contributed by atoms with Crippen LogP contribution in [0.4, 0.5) is 23.3 Å². The first-order chi connectivity index (χ1) is 10.5. The van der Waals surface area contributed by atoms with Crippen molar-refractivity contribution in [2.75, 3.05) is 22.5 Å². The van der Waals surface area contributed by atoms with Crippen molar-refractivity contribution in [1.29, 1.82) is 0 Å². The summed E-state index contributed by atoms with van der Waals surface area (Å²) in [6, 6.07) is 9.73. The Labute approximate surface area is 125 Å². The number of benzene rings is 1. The molecule has 0 bridgehead atoms. The fourth-order valence-electron chi connectivity index (χ4n) is 2.26. The maximum absolute atomic E-state index is 12.2. The number of amides is 1. The SMILES string of the molecule is Nc1nc(N)c(NC(=O)Cn2ccc3ccccc32)c(N)n1. The predicted octanol–water partition coefficient (Wildman–Crippen LogP) is 0.817. The van der Waals surface area contributed by atoms with Gasteiger partial charge in [-0.05, 0) is 17.5 Å². The number of rotatable bonds is 3. The summed E-state index contributed by atoms with van der Waals surface area (Å²) in [6.07, 6.45) is 1.84. The molecule has 8 heteroatoms. The molecule has 1 amide bonds. The van der Waals surface area contributed by atoms with Crippen molar-refractivity contribution in [2.45, 2.75) is 6.54 Å². The number of hydrogen-bond donors (Lipinski definition) is 4. The van der Waals surface area contributed by atoms with Crippen molar-refractivity contribution in [3.63, 3.8) is 0 Å². The molecule has 22 heavy (non-hydrogen) atoms. The summed E-state index contributed by atoms with van der Waals surface area (Å²) in [5, 5.41) is 3.68. The second-order valence-corrected chi connectivity index (χ2v) is 4.78. The first-order valence-corrected chi connectivity index (χ1v) is 6.57. The molecule has 0 atom stereocenters. The van der Waals surface area contributed by atoms with Gasteiger partial charge in [0, 0.05) is 11.7 Å². The van der Waals surface area contributed by atoms with Gasteiger partial charge in [-0.15, -0.1) is 0 Å². The van der Waals surface area contributed by atoms with Gasteiger partial charge in [-0.3, -0.25) is 4.79 Å². The smallest absolute Gasteiger partial charge is 0.244 e. The van der Waals surface area contributed by atoms with E-state index in [1.54, 1.807) is 0 Å². The third-order valence-electron chi connectivity index (χ3n) is 3.24. The number of nitrogens with zero attached hydrogens (tertiary/aromatic N) is 3. The van der Waals surface area contributed by atoms with Crippen LogP contribution in [0.1, 0.15) is 0 Å². The van der Waals surface area contributed by atoms with Crippen molar-refractivity contribution >= 4 is 40.1 Å². The summed E-state index contributed by atoms with van der Waals surface area (Å²) < 4.78 is 1.83. The molecule has 0 aliphatic carbocycles. The van der Waals surface area contributed by atoms with E-state index in [4.69, 9.17) is 17.2 Å². The number of nitrogen functional groups attached to an aromatic ring is 3. The average molecular weight is 297 g/mol. The van der Waals surface area contributed by atoms with Crippen LogP contribution in [-0.4, -0.2) is 20.4 Å². The standard InChI is InChI=1S/C14H15N7O/c15-12-11(13(16)20-14(17)19-12)18-10(22)7-21-6-5-8-3-1-2-4-9(8)21/h1-6H,7H2,(H,18,22)(H6,15,16,17,19,20). The maximum Gasteiger partial charge on any atom is 0.244 e. The van der Waals surface area contributed by atoms with Gasteiger partial charge in [0.1, 0.15) is 12.2 Å². The Bertz CT molecular complexity index is 832. The van der Waals surface area contributed by atoms with Crippen molar-refractivity contribution in [3.05, 3.63) is 36.5 Å². The molecule has 0 saturated heterocycles. The van der Waals surface area contributed by atoms with Crippen molar-refractivity contribution < 1.29 is 4.79 Å². The minimum Gasteiger partial charge on any atom is -0.382 e. The Hall–Kier alpha value is -3.29. The first-order valence-electron chi connectivity index (χ1n) is 6.57. The topological polar surface area (TPSA) is 138 Å². The van der Waals surface area contributed by atoms with E-state index >= 15 is 0 Å². The van der Waals surface area contributed by atoms with Crippen LogP contribution < -0.4 is 22.5 Å². The summed E-state index contributed by atoms with van der Waals surface area (Å²) in [5.74, 6) is -0.246. The van der Waals surface area contributed by atoms with Gasteiger partial charge in [0.05, 0.1) is 0 Å². The zero-order chi connectivity index (χ0) is 15.7. The number of aromatic nitrogens is 3. The fraction of sp³-hybridized carbons (Fsp3) is 0.0714. The first kappa shape index (κ1) is 13.7. The van der Waals surface area contributed by atoms with E-state index in [0.717, 1.165) is 10.9 Å². The molecule has 0 fully saturated rings. The molecule has 0 spiro atoms. The second-order valence-electron chi connectivity index (χ2n) is 4.78. The van der Waals surface area contributed by atoms with Crippen LogP contribution in [0.2, 0.25) is 0 Å². The van der Waals surface area contributed by atoms with E-state index < -0.39 is 0 Å². The van der Waals surface area contributed by atoms with Gasteiger partial charge < -0.3 is 27.1 Å². The molecular weight excluding hydrogens is 282 g/mol. The molecule has 3 rings (SSSR count). The molecule has 2 heterocycles. The van der Waals surface area contributed by atoms with E-state index in [1.165, 1.54) is 0 Å². The van der Waals surface area contributed by atoms with Gasteiger partial charge in [0.15, 0.2) is 11.6 Å². The van der Waals surface area contributed by atoms with Gasteiger partial charge in [0.25, 0.3) is 0 Å². The number of para-hydroxylation sites is 1. The summed E-state index contributed by atoms with van der Waals surface area (Å²) in [6.45, 7) is 0.122. The predicted molar refractivity (Wildman–Crippen MR) is 85.8 cm³/mol. The quantitative estimate of drug-likeness (QED) is 0.564. The van der Waals surface area contributed by atoms with Crippen LogP contribution in [-0.2, 0) is 11.3 Å². The minimum absolute atomic E-state index is 0.0376. The number of nitrogens with one attached hydrogen (secondary N) is 1. The van der Waals surface area contributed by atoms with Crippen molar-refractivity contribution in [2.24, 2.45) is 0 Å². The van der Waals surface area contributed by atoms with E-state index in [0.29, 0.717) is 0 Å². The number of carbonyl (C=O) groups is 1. The van der Waals surface area contributed by atoms with Crippen molar-refractivity contribution in [3.8, 4) is 0 Å². The third-order valence-corrected chi connectivity index (χ3v) is 3.24. The second kappa shape index (κ2) is 5.24. The number of carbonyl (C=O) groups excluding carboxylic acids is 1. The van der Waals surface area contributed by atoms with Crippen molar-refractivity contribution in [1.82, 2.24) is 14.5 Å². The molecule has 8 nitrogen and oxygen atoms in total. The van der Waals surface area contributed by atoms with Crippen LogP contribution in [0.25, 0.3) is 10.9 Å². The lowest BCUT2D eigenvalue weighted by Crippen LogP contribution is -2.21. The zero-order valence-corrected chi connectivity index (χ0v) is 11.7. The lowest BCUT2D eigenvalue weighted by molar-refractivity contribution is -0.116. The van der Waals surface area contributed by atoms with Crippen LogP contribution >= 0.6 is 0 Å². The monoisotopic (exact) mass is 297 g/mol. The molecular formula is C14H15N7O. The van der Waals surface area contributed by atoms with Crippen LogP contribution in [0.5, 0.6) is 0 Å². The summed E-state index contributed by atoms with van der Waals surface area (Å²) in [5.41, 5.74) is 18.0. The van der Waals surface area contributed by atoms with Gasteiger partial charge in [-0.25, -0.2) is 0 Å². The number of hydrogen-bond acceptors (Lipinski definition) is 6. The molecule has 3 aromatic rings. The third kappa shape index (κ3) is 2.49. The summed E-state index contributed by atoms with van der Waals surface area (Å²) >= 11 is 0. The molecule has 112 valence electrons. The Morgan fingerprint density at radius 2 is 1.77 bits per heavy atom. The van der Waals surface area contributed by atoms with Gasteiger partial charge in [0.2, 0.25) is 11.9 Å². The lowest BCUT2D eigenvalue weighted by atomic mass is 10.2. The Kier molecular flexibility index (Phi) is 3.26. The van der Waals surface area contributed by atoms with Crippen LogP contribution in [0.3, 0.4) is 0 Å². The molecule has 0 aliphatic rings. The minimum atomic E-state index is -0.284. The summed E-state index contributed by atoms with van der Waals surface area (Å²) in [7, 11) is 0. The highest BCUT2D eigenvalue weighted by Crippen LogP contribution is 2.23. The van der Waals surface area contributed by atoms with Gasteiger partial charge in [-0.2, -0.15) is 9.97 Å². The molecule has 0 saturated carbocycles. The van der Waals surface area contributed by atoms with Gasteiger partial charge in [-0.1, -0.05) is 18.2 Å². The number of anilines is 4. The fourth-order valence-corrected chi connectivity index (χ4v) is 2.26. The molecule has 2 aromatic heterocycles. The summed E-state index contributed by atoms with van der Waals surface area (Å²) in [4.78, 5) is 19.7. The normalized spacial score (nSPS) is 10.7. The Morgan fingerprint density at radius 3 is 2.50 bits per heavy atom. The molecule has 1 aromatic carbocycles. The van der Waals surface area contributed by atoms with Crippen LogP contribution in [0, 0.1) is 0 Å². The number of nitrogens with two attached hydrogens (primary N) is 3. The Morgan fingerprint density at radius 1 is 1.09 bits per heavy atom. The van der Waals surface area contributed by atoms with E-state index in [-0.39, 0.29) is 35.7 Å². The largest absolute Gasteiger partial charge is 0.382 e. The van der Waals surface area contributed by atoms with E-state index in [9.17, 15) is 4.79 Å². The molecule has 0 aliphatic heterocycles. The highest BCUT2D eigenvalue weighted by molar-refractivity contribution is 5.97. The highest BCUT2D eigenvalue weighted by Gasteiger charge is 2.13. The average Bonchev–Trinajstić information content (AvgIpc) is 2.86. The zero-order valence-electron chi connectivity index (χ0n) is 11.7. The van der Waals surface area contributed by atoms with E-state index in [1.807, 2.05) is 41.1 Å². The number of fused-ring (bicyclic) bond motifs is 1. The lowest BCUT2D eigenvalue weighted by Gasteiger charge is -2.11. The van der Waals surface area contributed by atoms with Gasteiger partial charge >= 0.3 is 0 Å². The highest BCUT2D eigenvalue weighted by atomic mass is 16.2. The maximum atomic E-state index is 12.2. The Balaban J connectivity index is 1.81.